The predicted molar refractivity (Wildman–Crippen MR) is 55.2 cm³/mol. The molecule has 0 fully saturated rings. The summed E-state index contributed by atoms with van der Waals surface area (Å²) in [6, 6.07) is 8.66. The van der Waals surface area contributed by atoms with E-state index in [0.717, 1.165) is 5.56 Å². The minimum absolute atomic E-state index is 0.207. The minimum atomic E-state index is -0.612. The Kier molecular flexibility index (Phi) is 3.62. The van der Waals surface area contributed by atoms with Crippen LogP contribution in [0.15, 0.2) is 30.3 Å². The first-order valence-electron chi connectivity index (χ1n) is 4.39. The average molecular weight is 193 g/mol. The Morgan fingerprint density at radius 1 is 1.36 bits per heavy atom. The molecular weight excluding hydrogens is 178 g/mol. The van der Waals surface area contributed by atoms with E-state index in [1.807, 2.05) is 30.3 Å². The van der Waals surface area contributed by atoms with Gasteiger partial charge >= 0.3 is 0 Å². The van der Waals surface area contributed by atoms with Crippen LogP contribution in [0.4, 0.5) is 0 Å². The second kappa shape index (κ2) is 4.74. The Morgan fingerprint density at radius 3 is 2.43 bits per heavy atom. The quantitative estimate of drug-likeness (QED) is 0.678. The lowest BCUT2D eigenvalue weighted by Crippen LogP contribution is -2.41. The van der Waals surface area contributed by atoms with Crippen molar-refractivity contribution in [1.29, 1.82) is 0 Å². The summed E-state index contributed by atoms with van der Waals surface area (Å²) in [4.78, 5) is 11.5. The van der Waals surface area contributed by atoms with Crippen molar-refractivity contribution < 1.29 is 4.79 Å². The van der Waals surface area contributed by atoms with Crippen LogP contribution < -0.4 is 11.2 Å². The van der Waals surface area contributed by atoms with Crippen LogP contribution in [0, 0.1) is 0 Å². The van der Waals surface area contributed by atoms with E-state index in [9.17, 15) is 4.79 Å². The number of carbonyl (C=O) groups is 1. The van der Waals surface area contributed by atoms with E-state index in [0.29, 0.717) is 0 Å². The molecule has 76 valence electrons. The number of nitrogens with zero attached hydrogens (tertiary/aromatic N) is 1. The van der Waals surface area contributed by atoms with Crippen LogP contribution in [0.25, 0.3) is 0 Å². The van der Waals surface area contributed by atoms with Crippen molar-refractivity contribution in [2.24, 2.45) is 5.73 Å². The van der Waals surface area contributed by atoms with Crippen molar-refractivity contribution in [3.8, 4) is 0 Å². The normalized spacial score (nSPS) is 12.6. The number of carbonyl (C=O) groups excluding carboxylic acids is 1. The number of hydrazine groups is 1. The molecule has 4 nitrogen and oxygen atoms in total. The molecule has 0 radical (unpaired) electrons. The molecule has 14 heavy (non-hydrogen) atoms. The van der Waals surface area contributed by atoms with Gasteiger partial charge in [-0.3, -0.25) is 10.2 Å². The van der Waals surface area contributed by atoms with Gasteiger partial charge < -0.3 is 5.73 Å². The first-order chi connectivity index (χ1) is 6.61. The summed E-state index contributed by atoms with van der Waals surface area (Å²) < 4.78 is 0. The van der Waals surface area contributed by atoms with Crippen molar-refractivity contribution in [3.63, 3.8) is 0 Å². The summed E-state index contributed by atoms with van der Waals surface area (Å²) >= 11 is 0. The van der Waals surface area contributed by atoms with Gasteiger partial charge in [0.05, 0.1) is 0 Å². The molecule has 1 atom stereocenters. The largest absolute Gasteiger partial charge is 0.316 e. The Bertz CT molecular complexity index is 297. The fourth-order valence-corrected chi connectivity index (χ4v) is 1.10. The third-order valence-corrected chi connectivity index (χ3v) is 1.77. The van der Waals surface area contributed by atoms with Crippen molar-refractivity contribution in [3.05, 3.63) is 35.9 Å². The van der Waals surface area contributed by atoms with Gasteiger partial charge in [0, 0.05) is 14.1 Å². The number of nitrogens with two attached hydrogens (primary N) is 1. The van der Waals surface area contributed by atoms with Crippen LogP contribution in [0.5, 0.6) is 0 Å². The van der Waals surface area contributed by atoms with E-state index in [2.05, 4.69) is 5.43 Å². The highest BCUT2D eigenvalue weighted by molar-refractivity contribution is 5.82. The molecule has 1 aromatic rings. The zero-order valence-electron chi connectivity index (χ0n) is 8.40. The summed E-state index contributed by atoms with van der Waals surface area (Å²) in [5, 5.41) is 1.57. The zero-order valence-corrected chi connectivity index (χ0v) is 8.40. The highest BCUT2D eigenvalue weighted by atomic mass is 16.2. The second-order valence-corrected chi connectivity index (χ2v) is 3.26. The van der Waals surface area contributed by atoms with Gasteiger partial charge in [-0.2, -0.15) is 0 Å². The van der Waals surface area contributed by atoms with E-state index in [-0.39, 0.29) is 5.91 Å². The van der Waals surface area contributed by atoms with Crippen molar-refractivity contribution in [2.75, 3.05) is 14.1 Å². The van der Waals surface area contributed by atoms with Gasteiger partial charge in [-0.1, -0.05) is 30.3 Å². The molecule has 0 saturated heterocycles. The predicted octanol–water partition coefficient (Wildman–Crippen LogP) is 0.279. The van der Waals surface area contributed by atoms with E-state index in [4.69, 9.17) is 5.73 Å². The second-order valence-electron chi connectivity index (χ2n) is 3.26. The Labute approximate surface area is 83.7 Å². The van der Waals surface area contributed by atoms with Gasteiger partial charge in [0.25, 0.3) is 5.91 Å². The summed E-state index contributed by atoms with van der Waals surface area (Å²) in [5.41, 5.74) is 9.17. The maximum Gasteiger partial charge on any atom is 0.255 e. The molecule has 1 rings (SSSR count). The molecule has 4 heteroatoms. The third kappa shape index (κ3) is 2.83. The van der Waals surface area contributed by atoms with Crippen molar-refractivity contribution >= 4 is 5.91 Å². The van der Waals surface area contributed by atoms with Crippen LogP contribution in [-0.4, -0.2) is 25.0 Å². The first-order valence-corrected chi connectivity index (χ1v) is 4.39. The Morgan fingerprint density at radius 2 is 1.93 bits per heavy atom. The van der Waals surface area contributed by atoms with Crippen LogP contribution >= 0.6 is 0 Å². The topological polar surface area (TPSA) is 58.4 Å². The van der Waals surface area contributed by atoms with Crippen molar-refractivity contribution in [2.45, 2.75) is 6.04 Å². The fourth-order valence-electron chi connectivity index (χ4n) is 1.10. The molecule has 1 amide bonds. The molecule has 0 aliphatic rings. The van der Waals surface area contributed by atoms with E-state index in [1.54, 1.807) is 19.1 Å². The third-order valence-electron chi connectivity index (χ3n) is 1.77. The Hall–Kier alpha value is -1.39. The molecule has 0 spiro atoms. The molecule has 0 aliphatic carbocycles. The summed E-state index contributed by atoms with van der Waals surface area (Å²) in [5.74, 6) is -0.207. The summed E-state index contributed by atoms with van der Waals surface area (Å²) in [6.07, 6.45) is 0. The molecule has 3 N–H and O–H groups in total. The van der Waals surface area contributed by atoms with E-state index in [1.165, 1.54) is 0 Å². The maximum absolute atomic E-state index is 11.5. The fraction of sp³-hybridized carbons (Fsp3) is 0.300. The highest BCUT2D eigenvalue weighted by Crippen LogP contribution is 2.08. The van der Waals surface area contributed by atoms with Crippen molar-refractivity contribution in [1.82, 2.24) is 10.4 Å². The summed E-state index contributed by atoms with van der Waals surface area (Å²) in [6.45, 7) is 0. The first kappa shape index (κ1) is 10.7. The van der Waals surface area contributed by atoms with Crippen LogP contribution in [0.3, 0.4) is 0 Å². The maximum atomic E-state index is 11.5. The summed E-state index contributed by atoms with van der Waals surface area (Å²) in [7, 11) is 3.49. The molecule has 0 unspecified atom stereocenters. The van der Waals surface area contributed by atoms with Gasteiger partial charge in [0.15, 0.2) is 0 Å². The standard InChI is InChI=1S/C10H15N3O/c1-13(2)12-10(14)9(11)8-6-4-3-5-7-8/h3-7,9H,11H2,1-2H3,(H,12,14)/t9-/m1/s1. The molecule has 0 heterocycles. The molecule has 0 bridgehead atoms. The number of benzene rings is 1. The lowest BCUT2D eigenvalue weighted by molar-refractivity contribution is -0.126. The molecule has 1 aromatic carbocycles. The van der Waals surface area contributed by atoms with Crippen LogP contribution in [-0.2, 0) is 4.79 Å². The number of rotatable bonds is 3. The SMILES string of the molecule is CN(C)NC(=O)[C@H](N)c1ccccc1. The molecular formula is C10H15N3O. The van der Waals surface area contributed by atoms with Gasteiger partial charge in [0.1, 0.15) is 6.04 Å². The Balaban J connectivity index is 2.66. The van der Waals surface area contributed by atoms with Gasteiger partial charge in [-0.05, 0) is 5.56 Å². The number of nitrogens with one attached hydrogen (secondary N) is 1. The van der Waals surface area contributed by atoms with Crippen LogP contribution in [0.2, 0.25) is 0 Å². The zero-order chi connectivity index (χ0) is 10.6. The highest BCUT2D eigenvalue weighted by Gasteiger charge is 2.15. The van der Waals surface area contributed by atoms with Gasteiger partial charge in [-0.15, -0.1) is 0 Å². The molecule has 0 aliphatic heterocycles. The van der Waals surface area contributed by atoms with E-state index < -0.39 is 6.04 Å². The smallest absolute Gasteiger partial charge is 0.255 e. The number of amides is 1. The minimum Gasteiger partial charge on any atom is -0.316 e. The van der Waals surface area contributed by atoms with Crippen LogP contribution in [0.1, 0.15) is 11.6 Å². The van der Waals surface area contributed by atoms with E-state index >= 15 is 0 Å². The van der Waals surface area contributed by atoms with Gasteiger partial charge in [0.2, 0.25) is 0 Å². The number of hydrogen-bond acceptors (Lipinski definition) is 3. The average Bonchev–Trinajstić information content (AvgIpc) is 2.17. The molecule has 0 aromatic heterocycles. The molecule has 0 saturated carbocycles. The lowest BCUT2D eigenvalue weighted by Gasteiger charge is -2.16. The lowest BCUT2D eigenvalue weighted by atomic mass is 10.1. The number of hydrogen-bond donors (Lipinski definition) is 2. The monoisotopic (exact) mass is 193 g/mol. The van der Waals surface area contributed by atoms with Gasteiger partial charge in [-0.25, -0.2) is 5.01 Å².